The monoisotopic (exact) mass is 595 g/mol. The highest BCUT2D eigenvalue weighted by Crippen LogP contribution is 2.31. The fraction of sp³-hybridized carbons (Fsp3) is 0.147. The summed E-state index contributed by atoms with van der Waals surface area (Å²) < 4.78 is 10.6. The van der Waals surface area contributed by atoms with Crippen molar-refractivity contribution in [2.75, 3.05) is 24.9 Å². The second-order valence-corrected chi connectivity index (χ2v) is 10.9. The number of aryl methyl sites for hydroxylation is 1. The van der Waals surface area contributed by atoms with Crippen LogP contribution in [-0.2, 0) is 9.59 Å². The van der Waals surface area contributed by atoms with Crippen molar-refractivity contribution in [3.05, 3.63) is 119 Å². The average Bonchev–Trinajstić information content (AvgIpc) is 3.02. The first kappa shape index (κ1) is 30.9. The summed E-state index contributed by atoms with van der Waals surface area (Å²) >= 11 is 1.37. The van der Waals surface area contributed by atoms with Crippen molar-refractivity contribution in [1.82, 2.24) is 5.32 Å². The summed E-state index contributed by atoms with van der Waals surface area (Å²) in [6, 6.07) is 28.7. The van der Waals surface area contributed by atoms with E-state index in [-0.39, 0.29) is 17.5 Å². The van der Waals surface area contributed by atoms with Gasteiger partial charge in [0.05, 0.1) is 25.2 Å². The van der Waals surface area contributed by atoms with Crippen molar-refractivity contribution in [2.45, 2.75) is 24.0 Å². The number of carbonyl (C=O) groups excluding carboxylic acids is 3. The number of ether oxygens (including phenoxy) is 2. The lowest BCUT2D eigenvalue weighted by Gasteiger charge is -2.15. The number of methoxy groups -OCH3 is 2. The molecular weight excluding hydrogens is 562 g/mol. The molecule has 0 spiro atoms. The molecule has 0 fully saturated rings. The lowest BCUT2D eigenvalue weighted by Crippen LogP contribution is -2.30. The second-order valence-electron chi connectivity index (χ2n) is 9.53. The molecule has 0 aliphatic carbocycles. The number of anilines is 2. The molecule has 0 radical (unpaired) electrons. The van der Waals surface area contributed by atoms with Crippen molar-refractivity contribution < 1.29 is 23.9 Å². The molecule has 0 aromatic heterocycles. The Morgan fingerprint density at radius 3 is 2.19 bits per heavy atom. The molecule has 0 bridgehead atoms. The topological polar surface area (TPSA) is 106 Å². The van der Waals surface area contributed by atoms with Gasteiger partial charge in [-0.25, -0.2) is 0 Å². The Bertz CT molecular complexity index is 1620. The van der Waals surface area contributed by atoms with Gasteiger partial charge in [-0.2, -0.15) is 0 Å². The molecule has 8 nitrogen and oxygen atoms in total. The van der Waals surface area contributed by atoms with Gasteiger partial charge in [0.25, 0.3) is 11.8 Å². The maximum atomic E-state index is 13.3. The molecule has 3 amide bonds. The molecule has 43 heavy (non-hydrogen) atoms. The molecule has 1 atom stereocenters. The maximum Gasteiger partial charge on any atom is 0.272 e. The van der Waals surface area contributed by atoms with Crippen LogP contribution in [0.5, 0.6) is 11.5 Å². The number of carbonyl (C=O) groups is 3. The van der Waals surface area contributed by atoms with Crippen LogP contribution in [0.4, 0.5) is 11.4 Å². The van der Waals surface area contributed by atoms with E-state index in [9.17, 15) is 14.4 Å². The second kappa shape index (κ2) is 14.7. The van der Waals surface area contributed by atoms with Crippen molar-refractivity contribution in [1.29, 1.82) is 0 Å². The van der Waals surface area contributed by atoms with E-state index >= 15 is 0 Å². The summed E-state index contributed by atoms with van der Waals surface area (Å²) in [6.07, 6.45) is 1.66. The van der Waals surface area contributed by atoms with E-state index in [1.807, 2.05) is 49.4 Å². The average molecular weight is 596 g/mol. The van der Waals surface area contributed by atoms with E-state index in [0.29, 0.717) is 28.4 Å². The van der Waals surface area contributed by atoms with Gasteiger partial charge in [-0.1, -0.05) is 42.5 Å². The lowest BCUT2D eigenvalue weighted by atomic mass is 10.1. The van der Waals surface area contributed by atoms with Crippen LogP contribution in [0.2, 0.25) is 0 Å². The van der Waals surface area contributed by atoms with Gasteiger partial charge in [-0.15, -0.1) is 11.8 Å². The molecule has 0 saturated heterocycles. The Hall–Kier alpha value is -5.02. The minimum absolute atomic E-state index is 0.111. The molecule has 0 aliphatic heterocycles. The minimum atomic E-state index is -0.465. The third-order valence-electron chi connectivity index (χ3n) is 6.48. The third kappa shape index (κ3) is 8.50. The Kier molecular flexibility index (Phi) is 10.6. The molecule has 3 N–H and O–H groups in total. The summed E-state index contributed by atoms with van der Waals surface area (Å²) in [5.41, 5.74) is 3.39. The number of thioether (sulfide) groups is 1. The molecule has 0 saturated carbocycles. The maximum absolute atomic E-state index is 13.3. The van der Waals surface area contributed by atoms with Crippen LogP contribution in [0.3, 0.4) is 0 Å². The Labute approximate surface area is 255 Å². The normalized spacial score (nSPS) is 11.7. The van der Waals surface area contributed by atoms with E-state index in [1.165, 1.54) is 18.9 Å². The van der Waals surface area contributed by atoms with Gasteiger partial charge in [-0.3, -0.25) is 14.4 Å². The van der Waals surface area contributed by atoms with Gasteiger partial charge in [0.2, 0.25) is 5.91 Å². The smallest absolute Gasteiger partial charge is 0.272 e. The van der Waals surface area contributed by atoms with E-state index in [1.54, 1.807) is 74.7 Å². The Morgan fingerprint density at radius 2 is 1.51 bits per heavy atom. The Morgan fingerprint density at radius 1 is 0.814 bits per heavy atom. The summed E-state index contributed by atoms with van der Waals surface area (Å²) in [7, 11) is 3.09. The van der Waals surface area contributed by atoms with E-state index in [0.717, 1.165) is 16.0 Å². The predicted octanol–water partition coefficient (Wildman–Crippen LogP) is 6.54. The molecule has 0 heterocycles. The van der Waals surface area contributed by atoms with Crippen LogP contribution in [-0.4, -0.2) is 37.2 Å². The lowest BCUT2D eigenvalue weighted by molar-refractivity contribution is -0.115. The highest BCUT2D eigenvalue weighted by Gasteiger charge is 2.18. The number of hydrogen-bond donors (Lipinski definition) is 3. The zero-order valence-corrected chi connectivity index (χ0v) is 25.2. The fourth-order valence-electron chi connectivity index (χ4n) is 4.07. The largest absolute Gasteiger partial charge is 0.497 e. The van der Waals surface area contributed by atoms with E-state index < -0.39 is 11.2 Å². The molecule has 0 aliphatic rings. The van der Waals surface area contributed by atoms with Gasteiger partial charge in [0, 0.05) is 22.2 Å². The number of nitrogens with one attached hydrogen (secondary N) is 3. The number of rotatable bonds is 11. The summed E-state index contributed by atoms with van der Waals surface area (Å²) in [5, 5.41) is 8.09. The summed E-state index contributed by atoms with van der Waals surface area (Å²) in [5.74, 6) is 0.0796. The van der Waals surface area contributed by atoms with Gasteiger partial charge >= 0.3 is 0 Å². The van der Waals surface area contributed by atoms with Crippen LogP contribution in [0.1, 0.15) is 28.4 Å². The Balaban J connectivity index is 1.44. The predicted molar refractivity (Wildman–Crippen MR) is 172 cm³/mol. The van der Waals surface area contributed by atoms with Crippen LogP contribution >= 0.6 is 11.8 Å². The minimum Gasteiger partial charge on any atom is -0.497 e. The molecule has 4 aromatic carbocycles. The molecule has 9 heteroatoms. The quantitative estimate of drug-likeness (QED) is 0.134. The standard InChI is InChI=1S/C34H33N3O5S/c1-22-10-8-9-13-25(22)20-30(37-33(39)24-11-6-5-7-12-24)34(40)35-26-14-17-28(18-15-26)43-23(2)32(38)36-29-21-27(41-3)16-19-31(29)42-4/h5-21,23H,1-4H3,(H,35,40)(H,36,38)(H,37,39)/b30-20-. The van der Waals surface area contributed by atoms with Crippen molar-refractivity contribution in [3.63, 3.8) is 0 Å². The summed E-state index contributed by atoms with van der Waals surface area (Å²) in [6.45, 7) is 3.74. The highest BCUT2D eigenvalue weighted by atomic mass is 32.2. The molecule has 4 aromatic rings. The molecule has 4 rings (SSSR count). The van der Waals surface area contributed by atoms with Gasteiger partial charge in [-0.05, 0) is 79.6 Å². The first-order valence-corrected chi connectivity index (χ1v) is 14.4. The number of benzene rings is 4. The van der Waals surface area contributed by atoms with Crippen LogP contribution in [0.25, 0.3) is 6.08 Å². The molecule has 220 valence electrons. The first-order valence-electron chi connectivity index (χ1n) is 13.5. The van der Waals surface area contributed by atoms with Gasteiger partial charge in [0.15, 0.2) is 0 Å². The first-order chi connectivity index (χ1) is 20.8. The van der Waals surface area contributed by atoms with Gasteiger partial charge in [0.1, 0.15) is 17.2 Å². The highest BCUT2D eigenvalue weighted by molar-refractivity contribution is 8.00. The number of amides is 3. The van der Waals surface area contributed by atoms with Gasteiger partial charge < -0.3 is 25.4 Å². The van der Waals surface area contributed by atoms with Crippen molar-refractivity contribution >= 4 is 46.9 Å². The molecule has 1 unspecified atom stereocenters. The summed E-state index contributed by atoms with van der Waals surface area (Å²) in [4.78, 5) is 40.0. The van der Waals surface area contributed by atoms with E-state index in [2.05, 4.69) is 16.0 Å². The van der Waals surface area contributed by atoms with Crippen molar-refractivity contribution in [3.8, 4) is 11.5 Å². The van der Waals surface area contributed by atoms with Crippen LogP contribution in [0.15, 0.2) is 108 Å². The third-order valence-corrected chi connectivity index (χ3v) is 7.59. The van der Waals surface area contributed by atoms with Crippen LogP contribution in [0, 0.1) is 6.92 Å². The zero-order valence-electron chi connectivity index (χ0n) is 24.3. The van der Waals surface area contributed by atoms with E-state index in [4.69, 9.17) is 9.47 Å². The fourth-order valence-corrected chi connectivity index (χ4v) is 4.93. The van der Waals surface area contributed by atoms with Crippen LogP contribution < -0.4 is 25.4 Å². The zero-order chi connectivity index (χ0) is 30.8. The SMILES string of the molecule is COc1ccc(OC)c(NC(=O)C(C)Sc2ccc(NC(=O)/C(=C/c3ccccc3C)NC(=O)c3ccccc3)cc2)c1. The number of hydrogen-bond acceptors (Lipinski definition) is 6. The molecular formula is C34H33N3O5S. The van der Waals surface area contributed by atoms with Crippen molar-refractivity contribution in [2.24, 2.45) is 0 Å².